The van der Waals surface area contributed by atoms with Crippen LogP contribution in [0.4, 0.5) is 0 Å². The number of nitrogens with one attached hydrogen (secondary N) is 1. The Balaban J connectivity index is 2.19. The Kier molecular flexibility index (Phi) is 9.56. The molecule has 0 unspecified atom stereocenters. The molecule has 0 aliphatic rings. The lowest BCUT2D eigenvalue weighted by Crippen LogP contribution is -2.50. The lowest BCUT2D eigenvalue weighted by atomic mass is 10.1. The molecule has 0 aromatic heterocycles. The maximum absolute atomic E-state index is 13.2. The Hall–Kier alpha value is -2.34. The van der Waals surface area contributed by atoms with Gasteiger partial charge in [0.2, 0.25) is 5.91 Å². The van der Waals surface area contributed by atoms with Crippen LogP contribution in [0.25, 0.3) is 0 Å². The fourth-order valence-corrected chi connectivity index (χ4v) is 3.57. The van der Waals surface area contributed by atoms with Gasteiger partial charge in [0.1, 0.15) is 11.8 Å². The van der Waals surface area contributed by atoms with Gasteiger partial charge in [-0.3, -0.25) is 9.59 Å². The number of ether oxygens (including phenoxy) is 1. The molecule has 6 heteroatoms. The molecule has 0 spiro atoms. The minimum atomic E-state index is -0.552. The number of rotatable bonds is 10. The van der Waals surface area contributed by atoms with Crippen LogP contribution < -0.4 is 10.1 Å². The quantitative estimate of drug-likeness (QED) is 0.510. The van der Waals surface area contributed by atoms with Crippen LogP contribution in [-0.2, 0) is 16.1 Å². The summed E-state index contributed by atoms with van der Waals surface area (Å²) in [6.45, 7) is 10.8. The fraction of sp³-hybridized carbons (Fsp3) is 0.440. The van der Waals surface area contributed by atoms with Crippen LogP contribution in [0, 0.1) is 19.8 Å². The second-order valence-corrected chi connectivity index (χ2v) is 9.02. The van der Waals surface area contributed by atoms with Gasteiger partial charge in [-0.1, -0.05) is 67.0 Å². The smallest absolute Gasteiger partial charge is 0.261 e. The van der Waals surface area contributed by atoms with Crippen molar-refractivity contribution in [2.24, 2.45) is 5.92 Å². The summed E-state index contributed by atoms with van der Waals surface area (Å²) in [6.07, 6.45) is 0.527. The van der Waals surface area contributed by atoms with Gasteiger partial charge in [-0.05, 0) is 55.0 Å². The number of aryl methyl sites for hydroxylation is 2. The van der Waals surface area contributed by atoms with Gasteiger partial charge in [-0.15, -0.1) is 0 Å². The SMILES string of the molecule is CC[C@@H](C(=O)NCC(C)C)N(Cc1ccccc1)C(=O)COc1cc(C)c(Br)c(C)c1. The van der Waals surface area contributed by atoms with E-state index in [0.717, 1.165) is 21.2 Å². The zero-order valence-electron chi connectivity index (χ0n) is 19.1. The fourth-order valence-electron chi connectivity index (χ4n) is 3.34. The van der Waals surface area contributed by atoms with Crippen LogP contribution in [0.2, 0.25) is 0 Å². The highest BCUT2D eigenvalue weighted by atomic mass is 79.9. The van der Waals surface area contributed by atoms with Gasteiger partial charge in [0.05, 0.1) is 0 Å². The Labute approximate surface area is 194 Å². The van der Waals surface area contributed by atoms with E-state index in [4.69, 9.17) is 4.74 Å². The van der Waals surface area contributed by atoms with Gasteiger partial charge in [-0.25, -0.2) is 0 Å². The zero-order chi connectivity index (χ0) is 23.0. The lowest BCUT2D eigenvalue weighted by molar-refractivity contribution is -0.143. The molecule has 2 amide bonds. The summed E-state index contributed by atoms with van der Waals surface area (Å²) in [4.78, 5) is 27.7. The van der Waals surface area contributed by atoms with E-state index in [0.29, 0.717) is 31.2 Å². The van der Waals surface area contributed by atoms with E-state index in [1.165, 1.54) is 0 Å². The first kappa shape index (κ1) is 24.9. The summed E-state index contributed by atoms with van der Waals surface area (Å²) in [5.74, 6) is 0.639. The monoisotopic (exact) mass is 488 g/mol. The summed E-state index contributed by atoms with van der Waals surface area (Å²) in [5.41, 5.74) is 3.06. The van der Waals surface area contributed by atoms with E-state index >= 15 is 0 Å². The molecule has 0 fully saturated rings. The van der Waals surface area contributed by atoms with Gasteiger partial charge in [0, 0.05) is 17.6 Å². The minimum Gasteiger partial charge on any atom is -0.484 e. The first-order valence-corrected chi connectivity index (χ1v) is 11.5. The van der Waals surface area contributed by atoms with Crippen molar-refractivity contribution in [1.29, 1.82) is 0 Å². The molecular weight excluding hydrogens is 456 g/mol. The van der Waals surface area contributed by atoms with Crippen molar-refractivity contribution in [3.63, 3.8) is 0 Å². The first-order chi connectivity index (χ1) is 14.7. The second kappa shape index (κ2) is 11.9. The van der Waals surface area contributed by atoms with Gasteiger partial charge in [-0.2, -0.15) is 0 Å². The van der Waals surface area contributed by atoms with Crippen molar-refractivity contribution < 1.29 is 14.3 Å². The van der Waals surface area contributed by atoms with Crippen LogP contribution in [0.3, 0.4) is 0 Å². The molecule has 5 nitrogen and oxygen atoms in total. The third-order valence-corrected chi connectivity index (χ3v) is 6.29. The molecule has 1 N–H and O–H groups in total. The van der Waals surface area contributed by atoms with Crippen LogP contribution >= 0.6 is 15.9 Å². The Bertz CT molecular complexity index is 861. The largest absolute Gasteiger partial charge is 0.484 e. The number of carbonyl (C=O) groups is 2. The average Bonchev–Trinajstić information content (AvgIpc) is 2.74. The van der Waals surface area contributed by atoms with E-state index in [-0.39, 0.29) is 18.4 Å². The number of hydrogen-bond acceptors (Lipinski definition) is 3. The summed E-state index contributed by atoms with van der Waals surface area (Å²) in [5, 5.41) is 2.97. The molecule has 0 saturated heterocycles. The van der Waals surface area contributed by atoms with Crippen molar-refractivity contribution in [2.45, 2.75) is 53.6 Å². The predicted molar refractivity (Wildman–Crippen MR) is 128 cm³/mol. The first-order valence-electron chi connectivity index (χ1n) is 10.7. The lowest BCUT2D eigenvalue weighted by Gasteiger charge is -2.31. The van der Waals surface area contributed by atoms with Crippen LogP contribution in [0.15, 0.2) is 46.9 Å². The Morgan fingerprint density at radius 3 is 2.26 bits per heavy atom. The molecule has 0 aliphatic heterocycles. The molecule has 2 rings (SSSR count). The number of benzene rings is 2. The molecule has 168 valence electrons. The van der Waals surface area contributed by atoms with Crippen molar-refractivity contribution in [3.05, 3.63) is 63.6 Å². The molecule has 2 aromatic carbocycles. The average molecular weight is 489 g/mol. The standard InChI is InChI=1S/C25H33BrN2O3/c1-6-22(25(30)27-14-17(2)3)28(15-20-10-8-7-9-11-20)23(29)16-31-21-12-18(4)24(26)19(5)13-21/h7-13,17,22H,6,14-16H2,1-5H3,(H,27,30)/t22-/m0/s1. The molecule has 0 heterocycles. The molecule has 1 atom stereocenters. The Morgan fingerprint density at radius 1 is 1.10 bits per heavy atom. The maximum atomic E-state index is 13.2. The summed E-state index contributed by atoms with van der Waals surface area (Å²) in [6, 6.07) is 13.0. The van der Waals surface area contributed by atoms with Gasteiger partial charge < -0.3 is 15.0 Å². The summed E-state index contributed by atoms with van der Waals surface area (Å²) in [7, 11) is 0. The number of hydrogen-bond donors (Lipinski definition) is 1. The minimum absolute atomic E-state index is 0.124. The number of nitrogens with zero attached hydrogens (tertiary/aromatic N) is 1. The summed E-state index contributed by atoms with van der Waals surface area (Å²) >= 11 is 3.55. The van der Waals surface area contributed by atoms with Crippen molar-refractivity contribution >= 4 is 27.7 Å². The van der Waals surface area contributed by atoms with E-state index in [1.807, 2.05) is 77.1 Å². The molecule has 0 radical (unpaired) electrons. The van der Waals surface area contributed by atoms with Crippen LogP contribution in [0.5, 0.6) is 5.75 Å². The molecule has 31 heavy (non-hydrogen) atoms. The van der Waals surface area contributed by atoms with E-state index in [2.05, 4.69) is 21.2 Å². The highest BCUT2D eigenvalue weighted by Crippen LogP contribution is 2.26. The highest BCUT2D eigenvalue weighted by molar-refractivity contribution is 9.10. The van der Waals surface area contributed by atoms with Crippen LogP contribution in [0.1, 0.15) is 43.9 Å². The van der Waals surface area contributed by atoms with Gasteiger partial charge in [0.15, 0.2) is 6.61 Å². The summed E-state index contributed by atoms with van der Waals surface area (Å²) < 4.78 is 6.86. The van der Waals surface area contributed by atoms with Gasteiger partial charge >= 0.3 is 0 Å². The predicted octanol–water partition coefficient (Wildman–Crippen LogP) is 5.02. The number of amides is 2. The highest BCUT2D eigenvalue weighted by Gasteiger charge is 2.29. The number of carbonyl (C=O) groups excluding carboxylic acids is 2. The zero-order valence-corrected chi connectivity index (χ0v) is 20.7. The third kappa shape index (κ3) is 7.39. The van der Waals surface area contributed by atoms with Crippen molar-refractivity contribution in [1.82, 2.24) is 10.2 Å². The Morgan fingerprint density at radius 2 is 1.71 bits per heavy atom. The van der Waals surface area contributed by atoms with Gasteiger partial charge in [0.25, 0.3) is 5.91 Å². The normalized spacial score (nSPS) is 11.8. The molecule has 0 aliphatic carbocycles. The van der Waals surface area contributed by atoms with E-state index in [9.17, 15) is 9.59 Å². The van der Waals surface area contributed by atoms with Crippen molar-refractivity contribution in [3.8, 4) is 5.75 Å². The molecular formula is C25H33BrN2O3. The topological polar surface area (TPSA) is 58.6 Å². The molecule has 2 aromatic rings. The van der Waals surface area contributed by atoms with E-state index < -0.39 is 6.04 Å². The third-order valence-electron chi connectivity index (χ3n) is 5.04. The molecule has 0 bridgehead atoms. The van der Waals surface area contributed by atoms with Crippen molar-refractivity contribution in [2.75, 3.05) is 13.2 Å². The second-order valence-electron chi connectivity index (χ2n) is 8.23. The molecule has 0 saturated carbocycles. The number of halogens is 1. The van der Waals surface area contributed by atoms with Crippen LogP contribution in [-0.4, -0.2) is 35.9 Å². The maximum Gasteiger partial charge on any atom is 0.261 e. The van der Waals surface area contributed by atoms with E-state index in [1.54, 1.807) is 4.90 Å².